The summed E-state index contributed by atoms with van der Waals surface area (Å²) in [6.45, 7) is 1.43. The zero-order valence-electron chi connectivity index (χ0n) is 8.91. The smallest absolute Gasteiger partial charge is 0.168 e. The zero-order valence-corrected chi connectivity index (χ0v) is 8.91. The van der Waals surface area contributed by atoms with Gasteiger partial charge in [-0.25, -0.2) is 0 Å². The molecule has 1 saturated carbocycles. The first-order chi connectivity index (χ1) is 6.67. The third-order valence-electron chi connectivity index (χ3n) is 3.58. The fourth-order valence-corrected chi connectivity index (χ4v) is 2.76. The Hall–Kier alpha value is -0.160. The van der Waals surface area contributed by atoms with Gasteiger partial charge in [0.1, 0.15) is 0 Å². The van der Waals surface area contributed by atoms with Gasteiger partial charge in [-0.05, 0) is 6.42 Å². The number of rotatable bonds is 3. The Balaban J connectivity index is 1.92. The maximum Gasteiger partial charge on any atom is 0.168 e. The molecule has 4 heteroatoms. The maximum atomic E-state index is 5.61. The normalized spacial score (nSPS) is 33.2. The molecule has 4 nitrogen and oxygen atoms in total. The van der Waals surface area contributed by atoms with Crippen molar-refractivity contribution in [2.45, 2.75) is 31.2 Å². The molecular weight excluding hydrogens is 182 g/mol. The summed E-state index contributed by atoms with van der Waals surface area (Å²) in [5.74, 6) is -0.354. The molecule has 0 amide bonds. The molecule has 2 aliphatic rings. The lowest BCUT2D eigenvalue weighted by molar-refractivity contribution is -0.295. The van der Waals surface area contributed by atoms with E-state index in [1.807, 2.05) is 0 Å². The summed E-state index contributed by atoms with van der Waals surface area (Å²) < 4.78 is 16.3. The summed E-state index contributed by atoms with van der Waals surface area (Å²) in [4.78, 5) is 0. The van der Waals surface area contributed by atoms with Gasteiger partial charge >= 0.3 is 0 Å². The minimum Gasteiger partial charge on any atom is -0.376 e. The highest BCUT2D eigenvalue weighted by Crippen LogP contribution is 2.56. The highest BCUT2D eigenvalue weighted by molar-refractivity contribution is 5.04. The Bertz CT molecular complexity index is 207. The highest BCUT2D eigenvalue weighted by Gasteiger charge is 2.58. The summed E-state index contributed by atoms with van der Waals surface area (Å²) >= 11 is 0. The Morgan fingerprint density at radius 3 is 2.43 bits per heavy atom. The fourth-order valence-electron chi connectivity index (χ4n) is 2.76. The van der Waals surface area contributed by atoms with E-state index in [9.17, 15) is 0 Å². The molecule has 0 aromatic heterocycles. The van der Waals surface area contributed by atoms with E-state index in [0.29, 0.717) is 6.54 Å². The first-order valence-electron chi connectivity index (χ1n) is 5.10. The van der Waals surface area contributed by atoms with Gasteiger partial charge in [0, 0.05) is 39.0 Å². The first-order valence-corrected chi connectivity index (χ1v) is 5.10. The lowest BCUT2D eigenvalue weighted by Gasteiger charge is -2.51. The number of hydrogen-bond acceptors (Lipinski definition) is 4. The summed E-state index contributed by atoms with van der Waals surface area (Å²) in [6.07, 6.45) is 3.16. The van der Waals surface area contributed by atoms with Crippen LogP contribution in [0.4, 0.5) is 0 Å². The van der Waals surface area contributed by atoms with E-state index in [1.165, 1.54) is 0 Å². The van der Waals surface area contributed by atoms with Crippen molar-refractivity contribution in [2.75, 3.05) is 27.4 Å². The Morgan fingerprint density at radius 2 is 2.00 bits per heavy atom. The minimum absolute atomic E-state index is 0.238. The van der Waals surface area contributed by atoms with Crippen LogP contribution in [0.15, 0.2) is 0 Å². The number of methoxy groups -OCH3 is 2. The monoisotopic (exact) mass is 201 g/mol. The van der Waals surface area contributed by atoms with Crippen LogP contribution in [0, 0.1) is 5.41 Å². The van der Waals surface area contributed by atoms with Gasteiger partial charge in [-0.3, -0.25) is 0 Å². The first kappa shape index (κ1) is 10.4. The average Bonchev–Trinajstić information content (AvgIpc) is 2.58. The summed E-state index contributed by atoms with van der Waals surface area (Å²) in [6, 6.07) is 0. The molecule has 14 heavy (non-hydrogen) atoms. The van der Waals surface area contributed by atoms with Crippen LogP contribution in [0.2, 0.25) is 0 Å². The van der Waals surface area contributed by atoms with Crippen LogP contribution in [-0.4, -0.2) is 39.3 Å². The lowest BCUT2D eigenvalue weighted by Crippen LogP contribution is -2.55. The van der Waals surface area contributed by atoms with Crippen LogP contribution >= 0.6 is 0 Å². The second kappa shape index (κ2) is 3.45. The molecule has 82 valence electrons. The quantitative estimate of drug-likeness (QED) is 0.676. The molecule has 2 fully saturated rings. The van der Waals surface area contributed by atoms with Crippen LogP contribution in [0.3, 0.4) is 0 Å². The van der Waals surface area contributed by atoms with Crippen molar-refractivity contribution in [3.05, 3.63) is 0 Å². The van der Waals surface area contributed by atoms with Gasteiger partial charge in [0.25, 0.3) is 0 Å². The second-order valence-corrected chi connectivity index (χ2v) is 4.55. The molecular formula is C10H19NO3. The molecule has 1 aliphatic carbocycles. The Morgan fingerprint density at radius 1 is 1.36 bits per heavy atom. The van der Waals surface area contributed by atoms with Gasteiger partial charge in [0.05, 0.1) is 12.7 Å². The van der Waals surface area contributed by atoms with Crippen molar-refractivity contribution >= 4 is 0 Å². The molecule has 2 rings (SSSR count). The second-order valence-electron chi connectivity index (χ2n) is 4.55. The number of ether oxygens (including phenoxy) is 3. The molecule has 0 bridgehead atoms. The van der Waals surface area contributed by atoms with Crippen LogP contribution in [-0.2, 0) is 14.2 Å². The topological polar surface area (TPSA) is 53.7 Å². The number of hydrogen-bond donors (Lipinski definition) is 1. The van der Waals surface area contributed by atoms with Crippen molar-refractivity contribution < 1.29 is 14.2 Å². The van der Waals surface area contributed by atoms with E-state index in [1.54, 1.807) is 14.2 Å². The van der Waals surface area contributed by atoms with Crippen LogP contribution in [0.5, 0.6) is 0 Å². The Labute approximate surface area is 84.7 Å². The predicted octanol–water partition coefficient (Wildman–Crippen LogP) is 0.503. The van der Waals surface area contributed by atoms with Crippen molar-refractivity contribution in [3.63, 3.8) is 0 Å². The van der Waals surface area contributed by atoms with E-state index in [0.717, 1.165) is 25.9 Å². The molecule has 1 heterocycles. The third kappa shape index (κ3) is 1.46. The van der Waals surface area contributed by atoms with Crippen molar-refractivity contribution in [2.24, 2.45) is 11.1 Å². The molecule has 0 aromatic carbocycles. The zero-order chi connectivity index (χ0) is 10.2. The highest BCUT2D eigenvalue weighted by atomic mass is 16.7. The number of nitrogens with two attached hydrogens (primary N) is 1. The third-order valence-corrected chi connectivity index (χ3v) is 3.58. The van der Waals surface area contributed by atoms with E-state index in [-0.39, 0.29) is 17.3 Å². The predicted molar refractivity (Wildman–Crippen MR) is 51.8 cm³/mol. The van der Waals surface area contributed by atoms with Gasteiger partial charge in [0.2, 0.25) is 0 Å². The molecule has 1 unspecified atom stereocenters. The van der Waals surface area contributed by atoms with Gasteiger partial charge in [0.15, 0.2) is 5.79 Å². The van der Waals surface area contributed by atoms with E-state index in [4.69, 9.17) is 19.9 Å². The molecule has 1 aliphatic heterocycles. The standard InChI is InChI=1S/C10H19NO3/c1-12-10(13-2)5-9(6-10)3-8(4-11)14-7-9/h8H,3-7,11H2,1-2H3. The summed E-state index contributed by atoms with van der Waals surface area (Å²) in [7, 11) is 3.40. The van der Waals surface area contributed by atoms with Crippen LogP contribution < -0.4 is 5.73 Å². The summed E-state index contributed by atoms with van der Waals surface area (Å²) in [5, 5.41) is 0. The summed E-state index contributed by atoms with van der Waals surface area (Å²) in [5.41, 5.74) is 5.85. The molecule has 2 N–H and O–H groups in total. The van der Waals surface area contributed by atoms with Crippen molar-refractivity contribution in [1.29, 1.82) is 0 Å². The minimum atomic E-state index is -0.354. The van der Waals surface area contributed by atoms with E-state index in [2.05, 4.69) is 0 Å². The fraction of sp³-hybridized carbons (Fsp3) is 1.00. The van der Waals surface area contributed by atoms with Crippen molar-refractivity contribution in [1.82, 2.24) is 0 Å². The average molecular weight is 201 g/mol. The largest absolute Gasteiger partial charge is 0.376 e. The van der Waals surface area contributed by atoms with Gasteiger partial charge < -0.3 is 19.9 Å². The van der Waals surface area contributed by atoms with Crippen molar-refractivity contribution in [3.8, 4) is 0 Å². The molecule has 1 spiro atoms. The van der Waals surface area contributed by atoms with Gasteiger partial charge in [-0.15, -0.1) is 0 Å². The maximum absolute atomic E-state index is 5.61. The Kier molecular flexibility index (Phi) is 2.55. The molecule has 1 saturated heterocycles. The SMILES string of the molecule is COC1(OC)CC2(COC(CN)C2)C1. The van der Waals surface area contributed by atoms with Gasteiger partial charge in [-0.1, -0.05) is 0 Å². The molecule has 0 radical (unpaired) electrons. The molecule has 1 atom stereocenters. The van der Waals surface area contributed by atoms with Crippen LogP contribution in [0.25, 0.3) is 0 Å². The van der Waals surface area contributed by atoms with E-state index < -0.39 is 0 Å². The lowest BCUT2D eigenvalue weighted by atomic mass is 9.63. The van der Waals surface area contributed by atoms with E-state index >= 15 is 0 Å². The molecule has 0 aromatic rings. The van der Waals surface area contributed by atoms with Crippen LogP contribution in [0.1, 0.15) is 19.3 Å². The van der Waals surface area contributed by atoms with Gasteiger partial charge in [-0.2, -0.15) is 0 Å².